The van der Waals surface area contributed by atoms with Gasteiger partial charge in [0.15, 0.2) is 0 Å². The summed E-state index contributed by atoms with van der Waals surface area (Å²) in [5.74, 6) is -0.271. The van der Waals surface area contributed by atoms with Crippen molar-refractivity contribution in [2.24, 2.45) is 5.73 Å². The largest absolute Gasteiger partial charge is 0.369 e. The zero-order valence-corrected chi connectivity index (χ0v) is 15.4. The summed E-state index contributed by atoms with van der Waals surface area (Å²) < 4.78 is 0. The Kier molecular flexibility index (Phi) is 7.20. The normalized spacial score (nSPS) is 11.6. The number of carbonyl (C=O) groups excluding carboxylic acids is 1. The molecule has 0 unspecified atom stereocenters. The van der Waals surface area contributed by atoms with Gasteiger partial charge >= 0.3 is 0 Å². The fourth-order valence-electron chi connectivity index (χ4n) is 3.57. The molecule has 0 spiro atoms. The first-order valence-electron chi connectivity index (χ1n) is 9.28. The Morgan fingerprint density at radius 1 is 0.880 bits per heavy atom. The molecule has 0 saturated carbocycles. The Morgan fingerprint density at radius 3 is 1.76 bits per heavy atom. The van der Waals surface area contributed by atoms with Crippen LogP contribution in [0.1, 0.15) is 44.2 Å². The number of primary amides is 1. The third-order valence-electron chi connectivity index (χ3n) is 5.12. The van der Waals surface area contributed by atoms with Crippen LogP contribution in [0, 0.1) is 0 Å². The highest BCUT2D eigenvalue weighted by Gasteiger charge is 2.39. The highest BCUT2D eigenvalue weighted by molar-refractivity contribution is 5.90. The van der Waals surface area contributed by atoms with E-state index in [4.69, 9.17) is 5.73 Å². The average molecular weight is 338 g/mol. The SMILES string of the molecule is CCN(CC)CCCCC(C(N)=O)(c1ccccc1)c1ccccc1. The van der Waals surface area contributed by atoms with Crippen molar-refractivity contribution in [2.45, 2.75) is 38.5 Å². The highest BCUT2D eigenvalue weighted by atomic mass is 16.1. The van der Waals surface area contributed by atoms with Gasteiger partial charge in [0.05, 0.1) is 5.41 Å². The standard InChI is InChI=1S/C22H30N2O/c1-3-24(4-2)18-12-11-17-22(21(23)25,19-13-7-5-8-14-19)20-15-9-6-10-16-20/h5-10,13-16H,3-4,11-12,17-18H2,1-2H3,(H2,23,25). The Hall–Kier alpha value is -2.13. The minimum atomic E-state index is -0.758. The first-order valence-corrected chi connectivity index (χ1v) is 9.28. The molecular weight excluding hydrogens is 308 g/mol. The predicted octanol–water partition coefficient (Wildman–Crippen LogP) is 3.97. The summed E-state index contributed by atoms with van der Waals surface area (Å²) in [6, 6.07) is 19.9. The minimum absolute atomic E-state index is 0.271. The zero-order chi connectivity index (χ0) is 18.1. The van der Waals surface area contributed by atoms with Crippen molar-refractivity contribution in [1.82, 2.24) is 4.90 Å². The molecule has 0 aliphatic heterocycles. The molecule has 3 nitrogen and oxygen atoms in total. The molecule has 0 heterocycles. The number of unbranched alkanes of at least 4 members (excludes halogenated alkanes) is 1. The van der Waals surface area contributed by atoms with Crippen molar-refractivity contribution < 1.29 is 4.79 Å². The molecule has 0 aromatic heterocycles. The second-order valence-electron chi connectivity index (χ2n) is 6.49. The summed E-state index contributed by atoms with van der Waals surface area (Å²) >= 11 is 0. The molecular formula is C22H30N2O. The Bertz CT molecular complexity index is 596. The van der Waals surface area contributed by atoms with Gasteiger partial charge in [-0.25, -0.2) is 0 Å². The lowest BCUT2D eigenvalue weighted by molar-refractivity contribution is -0.122. The molecule has 0 saturated heterocycles. The third-order valence-corrected chi connectivity index (χ3v) is 5.12. The van der Waals surface area contributed by atoms with E-state index in [0.717, 1.165) is 50.0 Å². The molecule has 25 heavy (non-hydrogen) atoms. The first kappa shape index (κ1) is 19.2. The second kappa shape index (κ2) is 9.38. The van der Waals surface area contributed by atoms with Crippen molar-refractivity contribution in [1.29, 1.82) is 0 Å². The molecule has 0 atom stereocenters. The van der Waals surface area contributed by atoms with E-state index in [-0.39, 0.29) is 5.91 Å². The lowest BCUT2D eigenvalue weighted by Crippen LogP contribution is -2.42. The number of rotatable bonds is 10. The van der Waals surface area contributed by atoms with Gasteiger partial charge in [0.25, 0.3) is 0 Å². The van der Waals surface area contributed by atoms with Crippen LogP contribution in [0.15, 0.2) is 60.7 Å². The molecule has 0 aliphatic carbocycles. The maximum atomic E-state index is 12.7. The topological polar surface area (TPSA) is 46.3 Å². The van der Waals surface area contributed by atoms with Crippen LogP contribution in [0.5, 0.6) is 0 Å². The monoisotopic (exact) mass is 338 g/mol. The minimum Gasteiger partial charge on any atom is -0.369 e. The molecule has 1 amide bonds. The molecule has 2 aromatic rings. The Balaban J connectivity index is 2.28. The van der Waals surface area contributed by atoms with Crippen LogP contribution in [0.4, 0.5) is 0 Å². The second-order valence-corrected chi connectivity index (χ2v) is 6.49. The van der Waals surface area contributed by atoms with E-state index in [9.17, 15) is 4.79 Å². The van der Waals surface area contributed by atoms with Gasteiger partial charge in [-0.1, -0.05) is 80.9 Å². The maximum absolute atomic E-state index is 12.7. The van der Waals surface area contributed by atoms with Crippen molar-refractivity contribution in [2.75, 3.05) is 19.6 Å². The fourth-order valence-corrected chi connectivity index (χ4v) is 3.57. The molecule has 2 aromatic carbocycles. The zero-order valence-electron chi connectivity index (χ0n) is 15.4. The number of benzene rings is 2. The quantitative estimate of drug-likeness (QED) is 0.666. The van der Waals surface area contributed by atoms with Crippen LogP contribution in [0.3, 0.4) is 0 Å². The summed E-state index contributed by atoms with van der Waals surface area (Å²) in [5.41, 5.74) is 7.19. The van der Waals surface area contributed by atoms with Crippen LogP contribution < -0.4 is 5.73 Å². The van der Waals surface area contributed by atoms with E-state index < -0.39 is 5.41 Å². The van der Waals surface area contributed by atoms with Crippen LogP contribution >= 0.6 is 0 Å². The number of hydrogen-bond donors (Lipinski definition) is 1. The van der Waals surface area contributed by atoms with Gasteiger partial charge in [-0.05, 0) is 43.6 Å². The van der Waals surface area contributed by atoms with E-state index in [1.807, 2.05) is 60.7 Å². The van der Waals surface area contributed by atoms with E-state index in [2.05, 4.69) is 18.7 Å². The highest BCUT2D eigenvalue weighted by Crippen LogP contribution is 2.37. The van der Waals surface area contributed by atoms with Crippen LogP contribution in [0.25, 0.3) is 0 Å². The third kappa shape index (κ3) is 4.49. The molecule has 134 valence electrons. The number of nitrogens with two attached hydrogens (primary N) is 1. The van der Waals surface area contributed by atoms with E-state index in [1.165, 1.54) is 0 Å². The molecule has 2 N–H and O–H groups in total. The van der Waals surface area contributed by atoms with E-state index in [0.29, 0.717) is 0 Å². The van der Waals surface area contributed by atoms with E-state index in [1.54, 1.807) is 0 Å². The molecule has 2 rings (SSSR count). The van der Waals surface area contributed by atoms with Gasteiger partial charge in [-0.3, -0.25) is 4.79 Å². The molecule has 0 aliphatic rings. The summed E-state index contributed by atoms with van der Waals surface area (Å²) in [6.45, 7) is 7.56. The first-order chi connectivity index (χ1) is 12.1. The van der Waals surface area contributed by atoms with Gasteiger partial charge in [0, 0.05) is 0 Å². The van der Waals surface area contributed by atoms with Gasteiger partial charge in [-0.15, -0.1) is 0 Å². The molecule has 0 radical (unpaired) electrons. The fraction of sp³-hybridized carbons (Fsp3) is 0.409. The number of nitrogens with zero attached hydrogens (tertiary/aromatic N) is 1. The molecule has 3 heteroatoms. The van der Waals surface area contributed by atoms with Crippen molar-refractivity contribution >= 4 is 5.91 Å². The summed E-state index contributed by atoms with van der Waals surface area (Å²) in [5, 5.41) is 0. The average Bonchev–Trinajstić information content (AvgIpc) is 2.66. The van der Waals surface area contributed by atoms with Crippen LogP contribution in [0.2, 0.25) is 0 Å². The van der Waals surface area contributed by atoms with E-state index >= 15 is 0 Å². The molecule has 0 bridgehead atoms. The lowest BCUT2D eigenvalue weighted by Gasteiger charge is -2.32. The van der Waals surface area contributed by atoms with Crippen LogP contribution in [-0.4, -0.2) is 30.4 Å². The lowest BCUT2D eigenvalue weighted by atomic mass is 9.70. The number of carbonyl (C=O) groups is 1. The van der Waals surface area contributed by atoms with Crippen molar-refractivity contribution in [3.63, 3.8) is 0 Å². The number of hydrogen-bond acceptors (Lipinski definition) is 2. The van der Waals surface area contributed by atoms with Gasteiger partial charge in [-0.2, -0.15) is 0 Å². The van der Waals surface area contributed by atoms with Gasteiger partial charge < -0.3 is 10.6 Å². The summed E-state index contributed by atoms with van der Waals surface area (Å²) in [4.78, 5) is 15.1. The smallest absolute Gasteiger partial charge is 0.232 e. The number of amides is 1. The maximum Gasteiger partial charge on any atom is 0.232 e. The van der Waals surface area contributed by atoms with Gasteiger partial charge in [0.1, 0.15) is 0 Å². The predicted molar refractivity (Wildman–Crippen MR) is 104 cm³/mol. The Labute approximate surface area is 151 Å². The van der Waals surface area contributed by atoms with Gasteiger partial charge in [0.2, 0.25) is 5.91 Å². The van der Waals surface area contributed by atoms with Crippen molar-refractivity contribution in [3.05, 3.63) is 71.8 Å². The van der Waals surface area contributed by atoms with Crippen molar-refractivity contribution in [3.8, 4) is 0 Å². The summed E-state index contributed by atoms with van der Waals surface area (Å²) in [7, 11) is 0. The molecule has 0 fully saturated rings. The van der Waals surface area contributed by atoms with Crippen LogP contribution in [-0.2, 0) is 10.2 Å². The Morgan fingerprint density at radius 2 is 1.36 bits per heavy atom. The summed E-state index contributed by atoms with van der Waals surface area (Å²) in [6.07, 6.45) is 2.76.